The van der Waals surface area contributed by atoms with Gasteiger partial charge in [0.2, 0.25) is 0 Å². The SMILES string of the molecule is CCc1cc2c(CN(CC)Cc3cccs3)cc(=O)oc2cc1O. The Morgan fingerprint density at radius 3 is 2.67 bits per heavy atom. The quantitative estimate of drug-likeness (QED) is 0.683. The lowest BCUT2D eigenvalue weighted by atomic mass is 10.0. The maximum absolute atomic E-state index is 11.9. The highest BCUT2D eigenvalue weighted by Gasteiger charge is 2.13. The van der Waals surface area contributed by atoms with E-state index >= 15 is 0 Å². The van der Waals surface area contributed by atoms with Crippen LogP contribution < -0.4 is 5.63 Å². The summed E-state index contributed by atoms with van der Waals surface area (Å²) in [5.41, 5.74) is 1.86. The zero-order valence-electron chi connectivity index (χ0n) is 13.9. The number of benzene rings is 1. The molecule has 0 saturated carbocycles. The van der Waals surface area contributed by atoms with Crippen molar-refractivity contribution in [2.45, 2.75) is 33.4 Å². The number of aryl methyl sites for hydroxylation is 1. The Labute approximate surface area is 145 Å². The van der Waals surface area contributed by atoms with Crippen LogP contribution in [0.1, 0.15) is 29.9 Å². The summed E-state index contributed by atoms with van der Waals surface area (Å²) in [6.07, 6.45) is 0.729. The van der Waals surface area contributed by atoms with Crippen LogP contribution in [0.3, 0.4) is 0 Å². The highest BCUT2D eigenvalue weighted by atomic mass is 32.1. The smallest absolute Gasteiger partial charge is 0.336 e. The Kier molecular flexibility index (Phi) is 5.02. The van der Waals surface area contributed by atoms with Crippen molar-refractivity contribution in [2.75, 3.05) is 6.54 Å². The van der Waals surface area contributed by atoms with E-state index in [1.165, 1.54) is 4.88 Å². The molecule has 5 heteroatoms. The maximum atomic E-state index is 11.9. The van der Waals surface area contributed by atoms with Gasteiger partial charge in [-0.2, -0.15) is 0 Å². The zero-order chi connectivity index (χ0) is 17.1. The Balaban J connectivity index is 1.99. The first kappa shape index (κ1) is 16.7. The van der Waals surface area contributed by atoms with Gasteiger partial charge in [-0.3, -0.25) is 4.90 Å². The number of rotatable bonds is 6. The van der Waals surface area contributed by atoms with E-state index in [1.807, 2.05) is 13.0 Å². The molecule has 0 aliphatic rings. The van der Waals surface area contributed by atoms with E-state index in [1.54, 1.807) is 23.5 Å². The Morgan fingerprint density at radius 1 is 1.17 bits per heavy atom. The number of hydrogen-bond donors (Lipinski definition) is 1. The fourth-order valence-corrected chi connectivity index (χ4v) is 3.61. The van der Waals surface area contributed by atoms with E-state index in [0.717, 1.165) is 36.0 Å². The van der Waals surface area contributed by atoms with Crippen molar-refractivity contribution in [2.24, 2.45) is 0 Å². The van der Waals surface area contributed by atoms with Crippen LogP contribution in [0.2, 0.25) is 0 Å². The van der Waals surface area contributed by atoms with Gasteiger partial charge in [-0.1, -0.05) is 19.9 Å². The van der Waals surface area contributed by atoms with Crippen LogP contribution in [0.25, 0.3) is 11.0 Å². The van der Waals surface area contributed by atoms with Gasteiger partial charge >= 0.3 is 5.63 Å². The Morgan fingerprint density at radius 2 is 2.00 bits per heavy atom. The number of nitrogens with zero attached hydrogens (tertiary/aromatic N) is 1. The van der Waals surface area contributed by atoms with Gasteiger partial charge in [-0.15, -0.1) is 11.3 Å². The van der Waals surface area contributed by atoms with Crippen LogP contribution in [0.15, 0.2) is 44.9 Å². The molecule has 0 atom stereocenters. The average Bonchev–Trinajstić information content (AvgIpc) is 3.06. The second-order valence-electron chi connectivity index (χ2n) is 5.80. The summed E-state index contributed by atoms with van der Waals surface area (Å²) in [4.78, 5) is 15.5. The van der Waals surface area contributed by atoms with Crippen molar-refractivity contribution < 1.29 is 9.52 Å². The summed E-state index contributed by atoms with van der Waals surface area (Å²) >= 11 is 1.74. The minimum atomic E-state index is -0.381. The van der Waals surface area contributed by atoms with E-state index in [2.05, 4.69) is 29.3 Å². The second-order valence-corrected chi connectivity index (χ2v) is 6.84. The van der Waals surface area contributed by atoms with Crippen molar-refractivity contribution in [3.8, 4) is 5.75 Å². The molecule has 126 valence electrons. The van der Waals surface area contributed by atoms with Crippen molar-refractivity contribution >= 4 is 22.3 Å². The molecule has 0 spiro atoms. The first-order chi connectivity index (χ1) is 11.6. The van der Waals surface area contributed by atoms with Gasteiger partial charge in [-0.05, 0) is 41.6 Å². The van der Waals surface area contributed by atoms with Gasteiger partial charge in [0, 0.05) is 35.5 Å². The number of hydrogen-bond acceptors (Lipinski definition) is 5. The summed E-state index contributed by atoms with van der Waals surface area (Å²) < 4.78 is 5.27. The van der Waals surface area contributed by atoms with Gasteiger partial charge in [0.05, 0.1) is 0 Å². The fourth-order valence-electron chi connectivity index (χ4n) is 2.86. The molecule has 0 aliphatic heterocycles. The summed E-state index contributed by atoms with van der Waals surface area (Å²) in [5.74, 6) is 0.177. The molecule has 1 N–H and O–H groups in total. The third kappa shape index (κ3) is 3.52. The zero-order valence-corrected chi connectivity index (χ0v) is 14.7. The predicted molar refractivity (Wildman–Crippen MR) is 97.6 cm³/mol. The van der Waals surface area contributed by atoms with Crippen molar-refractivity contribution in [1.82, 2.24) is 4.90 Å². The molecule has 24 heavy (non-hydrogen) atoms. The average molecular weight is 343 g/mol. The first-order valence-electron chi connectivity index (χ1n) is 8.14. The molecule has 2 heterocycles. The summed E-state index contributed by atoms with van der Waals surface area (Å²) in [6.45, 7) is 6.52. The van der Waals surface area contributed by atoms with E-state index in [9.17, 15) is 9.90 Å². The lowest BCUT2D eigenvalue weighted by molar-refractivity contribution is 0.274. The number of fused-ring (bicyclic) bond motifs is 1. The molecule has 0 unspecified atom stereocenters. The molecule has 0 amide bonds. The van der Waals surface area contributed by atoms with E-state index < -0.39 is 0 Å². The number of aromatic hydroxyl groups is 1. The first-order valence-corrected chi connectivity index (χ1v) is 9.02. The molecular weight excluding hydrogens is 322 g/mol. The van der Waals surface area contributed by atoms with Crippen LogP contribution >= 0.6 is 11.3 Å². The third-order valence-corrected chi connectivity index (χ3v) is 5.07. The van der Waals surface area contributed by atoms with E-state index in [0.29, 0.717) is 12.1 Å². The highest BCUT2D eigenvalue weighted by Crippen LogP contribution is 2.28. The van der Waals surface area contributed by atoms with Gasteiger partial charge in [0.15, 0.2) is 0 Å². The van der Waals surface area contributed by atoms with Gasteiger partial charge in [0.1, 0.15) is 11.3 Å². The van der Waals surface area contributed by atoms with Gasteiger partial charge in [-0.25, -0.2) is 4.79 Å². The number of thiophene rings is 1. The standard InChI is InChI=1S/C19H21NO3S/c1-3-13-8-16-14(9-19(22)23-18(16)10-17(13)21)11-20(4-2)12-15-6-5-7-24-15/h5-10,21H,3-4,11-12H2,1-2H3. The Bertz CT molecular complexity index is 884. The van der Waals surface area contributed by atoms with Gasteiger partial charge < -0.3 is 9.52 Å². The van der Waals surface area contributed by atoms with Crippen LogP contribution in [0.5, 0.6) is 5.75 Å². The van der Waals surface area contributed by atoms with Crippen LogP contribution in [0, 0.1) is 0 Å². The fraction of sp³-hybridized carbons (Fsp3) is 0.316. The highest BCUT2D eigenvalue weighted by molar-refractivity contribution is 7.09. The molecule has 2 aromatic heterocycles. The van der Waals surface area contributed by atoms with Crippen molar-refractivity contribution in [3.05, 3.63) is 62.1 Å². The van der Waals surface area contributed by atoms with E-state index in [4.69, 9.17) is 4.42 Å². The van der Waals surface area contributed by atoms with Crippen LogP contribution in [-0.4, -0.2) is 16.6 Å². The van der Waals surface area contributed by atoms with Crippen LogP contribution in [0.4, 0.5) is 0 Å². The second kappa shape index (κ2) is 7.20. The molecule has 3 rings (SSSR count). The molecule has 0 bridgehead atoms. The van der Waals surface area contributed by atoms with Crippen molar-refractivity contribution in [1.29, 1.82) is 0 Å². The topological polar surface area (TPSA) is 53.7 Å². The lowest BCUT2D eigenvalue weighted by Crippen LogP contribution is -2.22. The number of phenols is 1. The third-order valence-electron chi connectivity index (χ3n) is 4.21. The largest absolute Gasteiger partial charge is 0.508 e. The molecule has 3 aromatic rings. The normalized spacial score (nSPS) is 11.5. The summed E-state index contributed by atoms with van der Waals surface area (Å²) in [7, 11) is 0. The van der Waals surface area contributed by atoms with Crippen LogP contribution in [-0.2, 0) is 19.5 Å². The maximum Gasteiger partial charge on any atom is 0.336 e. The minimum Gasteiger partial charge on any atom is -0.508 e. The molecule has 0 radical (unpaired) electrons. The molecule has 1 aromatic carbocycles. The summed E-state index contributed by atoms with van der Waals surface area (Å²) in [5, 5.41) is 13.0. The molecule has 0 fully saturated rings. The molecule has 4 nitrogen and oxygen atoms in total. The minimum absolute atomic E-state index is 0.177. The summed E-state index contributed by atoms with van der Waals surface area (Å²) in [6, 6.07) is 9.22. The number of phenolic OH excluding ortho intramolecular Hbond substituents is 1. The lowest BCUT2D eigenvalue weighted by Gasteiger charge is -2.20. The monoisotopic (exact) mass is 343 g/mol. The van der Waals surface area contributed by atoms with Crippen molar-refractivity contribution in [3.63, 3.8) is 0 Å². The van der Waals surface area contributed by atoms with Gasteiger partial charge in [0.25, 0.3) is 0 Å². The Hall–Kier alpha value is -2.11. The molecule has 0 saturated heterocycles. The molecule has 0 aliphatic carbocycles. The van der Waals surface area contributed by atoms with E-state index in [-0.39, 0.29) is 11.4 Å². The predicted octanol–water partition coefficient (Wildman–Crippen LogP) is 4.14. The molecular formula is C19H21NO3S.